The van der Waals surface area contributed by atoms with Gasteiger partial charge in [0.25, 0.3) is 0 Å². The molecular weight excluding hydrogens is 428 g/mol. The van der Waals surface area contributed by atoms with E-state index >= 15 is 0 Å². The molecule has 3 aromatic rings. The summed E-state index contributed by atoms with van der Waals surface area (Å²) in [7, 11) is 1.53. The highest BCUT2D eigenvalue weighted by molar-refractivity contribution is 9.11. The SMILES string of the molecule is COc1ccccc1-c1cc(=O)c2cc(Br)cc(Br)c(=O)c2o1. The summed E-state index contributed by atoms with van der Waals surface area (Å²) in [6.07, 6.45) is 0. The molecule has 0 saturated heterocycles. The molecule has 0 spiro atoms. The first kappa shape index (κ1) is 16.0. The average Bonchev–Trinajstić information content (AvgIpc) is 2.65. The fourth-order valence-corrected chi connectivity index (χ4v) is 3.46. The standard InChI is InChI=1S/C17H10Br2O4/c1-22-14-5-3-2-4-10(14)15-8-13(20)11-6-9(18)7-12(19)16(21)17(11)23-15/h2-8H,1H3. The van der Waals surface area contributed by atoms with E-state index in [9.17, 15) is 9.59 Å². The van der Waals surface area contributed by atoms with Gasteiger partial charge in [0.1, 0.15) is 11.5 Å². The number of halogens is 2. The third-order valence-electron chi connectivity index (χ3n) is 3.33. The lowest BCUT2D eigenvalue weighted by molar-refractivity contribution is 0.415. The van der Waals surface area contributed by atoms with Gasteiger partial charge in [0.2, 0.25) is 5.43 Å². The lowest BCUT2D eigenvalue weighted by Gasteiger charge is -2.07. The van der Waals surface area contributed by atoms with Gasteiger partial charge in [-0.2, -0.15) is 0 Å². The molecule has 0 aliphatic carbocycles. The number of para-hydroxylation sites is 1. The maximum absolute atomic E-state index is 12.5. The van der Waals surface area contributed by atoms with Crippen LogP contribution >= 0.6 is 31.9 Å². The second-order valence-corrected chi connectivity index (χ2v) is 6.54. The first-order chi connectivity index (χ1) is 11.0. The van der Waals surface area contributed by atoms with Gasteiger partial charge in [0, 0.05) is 10.5 Å². The normalized spacial score (nSPS) is 10.7. The van der Waals surface area contributed by atoms with Crippen molar-refractivity contribution >= 4 is 42.8 Å². The number of ether oxygens (including phenoxy) is 1. The zero-order valence-corrected chi connectivity index (χ0v) is 15.1. The van der Waals surface area contributed by atoms with Crippen molar-refractivity contribution in [2.24, 2.45) is 0 Å². The van der Waals surface area contributed by atoms with E-state index in [4.69, 9.17) is 9.15 Å². The van der Waals surface area contributed by atoms with Crippen LogP contribution in [-0.2, 0) is 0 Å². The van der Waals surface area contributed by atoms with Crippen molar-refractivity contribution in [1.29, 1.82) is 0 Å². The zero-order chi connectivity index (χ0) is 16.6. The fourth-order valence-electron chi connectivity index (χ4n) is 2.26. The Bertz CT molecular complexity index is 1020. The van der Waals surface area contributed by atoms with Crippen LogP contribution in [0.15, 0.2) is 65.4 Å². The van der Waals surface area contributed by atoms with Crippen LogP contribution in [0.5, 0.6) is 5.75 Å². The smallest absolute Gasteiger partial charge is 0.235 e. The molecule has 0 N–H and O–H groups in total. The van der Waals surface area contributed by atoms with E-state index in [-0.39, 0.29) is 27.6 Å². The van der Waals surface area contributed by atoms with Crippen molar-refractivity contribution in [1.82, 2.24) is 0 Å². The molecular formula is C17H10Br2O4. The Morgan fingerprint density at radius 2 is 1.78 bits per heavy atom. The molecule has 0 amide bonds. The Labute approximate surface area is 148 Å². The van der Waals surface area contributed by atoms with Crippen LogP contribution in [0.1, 0.15) is 0 Å². The van der Waals surface area contributed by atoms with E-state index in [0.717, 1.165) is 0 Å². The third-order valence-corrected chi connectivity index (χ3v) is 4.37. The molecule has 1 heterocycles. The molecule has 2 aromatic carbocycles. The summed E-state index contributed by atoms with van der Waals surface area (Å²) in [4.78, 5) is 24.9. The lowest BCUT2D eigenvalue weighted by atomic mass is 10.1. The molecule has 4 nitrogen and oxygen atoms in total. The quantitative estimate of drug-likeness (QED) is 0.597. The Kier molecular flexibility index (Phi) is 4.37. The Hall–Kier alpha value is -1.92. The Balaban J connectivity index is 2.44. The molecule has 0 radical (unpaired) electrons. The largest absolute Gasteiger partial charge is 0.496 e. The number of fused-ring (bicyclic) bond motifs is 1. The molecule has 3 rings (SSSR count). The van der Waals surface area contributed by atoms with Crippen LogP contribution in [0.25, 0.3) is 22.3 Å². The predicted octanol–water partition coefficient (Wildman–Crippen LogP) is 4.35. The molecule has 0 aliphatic rings. The van der Waals surface area contributed by atoms with E-state index in [1.165, 1.54) is 13.2 Å². The van der Waals surface area contributed by atoms with Gasteiger partial charge in [-0.1, -0.05) is 28.1 Å². The minimum absolute atomic E-state index is 0.00372. The second kappa shape index (κ2) is 6.29. The van der Waals surface area contributed by atoms with E-state index in [2.05, 4.69) is 31.9 Å². The van der Waals surface area contributed by atoms with Crippen LogP contribution in [-0.4, -0.2) is 7.11 Å². The number of hydrogen-bond donors (Lipinski definition) is 0. The monoisotopic (exact) mass is 436 g/mol. The molecule has 23 heavy (non-hydrogen) atoms. The van der Waals surface area contributed by atoms with Crippen molar-refractivity contribution in [2.45, 2.75) is 0 Å². The van der Waals surface area contributed by atoms with E-state index < -0.39 is 0 Å². The van der Waals surface area contributed by atoms with Crippen molar-refractivity contribution < 1.29 is 9.15 Å². The van der Waals surface area contributed by atoms with Crippen molar-refractivity contribution in [2.75, 3.05) is 7.11 Å². The summed E-state index contributed by atoms with van der Waals surface area (Å²) < 4.78 is 12.0. The molecule has 0 aliphatic heterocycles. The minimum atomic E-state index is -0.389. The maximum Gasteiger partial charge on any atom is 0.235 e. The second-order valence-electron chi connectivity index (χ2n) is 4.77. The number of hydrogen-bond acceptors (Lipinski definition) is 4. The Morgan fingerprint density at radius 1 is 1.04 bits per heavy atom. The third kappa shape index (κ3) is 2.96. The van der Waals surface area contributed by atoms with Gasteiger partial charge >= 0.3 is 0 Å². The number of methoxy groups -OCH3 is 1. The van der Waals surface area contributed by atoms with Crippen molar-refractivity contribution in [3.8, 4) is 17.1 Å². The van der Waals surface area contributed by atoms with Gasteiger partial charge in [0.15, 0.2) is 11.0 Å². The van der Waals surface area contributed by atoms with Gasteiger partial charge in [-0.3, -0.25) is 9.59 Å². The number of rotatable bonds is 2. The summed E-state index contributed by atoms with van der Waals surface area (Å²) >= 11 is 6.50. The predicted molar refractivity (Wildman–Crippen MR) is 96.1 cm³/mol. The van der Waals surface area contributed by atoms with Crippen molar-refractivity contribution in [3.05, 3.63) is 71.9 Å². The van der Waals surface area contributed by atoms with Gasteiger partial charge in [0.05, 0.1) is 22.5 Å². The van der Waals surface area contributed by atoms with Crippen LogP contribution in [0.2, 0.25) is 0 Å². The summed E-state index contributed by atoms with van der Waals surface area (Å²) in [6, 6.07) is 11.7. The highest BCUT2D eigenvalue weighted by Gasteiger charge is 2.14. The van der Waals surface area contributed by atoms with Crippen LogP contribution in [0.4, 0.5) is 0 Å². The van der Waals surface area contributed by atoms with E-state index in [0.29, 0.717) is 20.3 Å². The topological polar surface area (TPSA) is 56.5 Å². The summed E-state index contributed by atoms with van der Waals surface area (Å²) in [5, 5.41) is 0.214. The highest BCUT2D eigenvalue weighted by Crippen LogP contribution is 2.30. The molecule has 0 fully saturated rings. The molecule has 0 bridgehead atoms. The van der Waals surface area contributed by atoms with Crippen molar-refractivity contribution in [3.63, 3.8) is 0 Å². The minimum Gasteiger partial charge on any atom is -0.496 e. The van der Waals surface area contributed by atoms with Crippen LogP contribution < -0.4 is 15.6 Å². The van der Waals surface area contributed by atoms with E-state index in [1.54, 1.807) is 30.3 Å². The summed E-state index contributed by atoms with van der Waals surface area (Å²) in [5.74, 6) is 0.842. The van der Waals surface area contributed by atoms with Gasteiger partial charge < -0.3 is 9.15 Å². The van der Waals surface area contributed by atoms with Gasteiger partial charge in [-0.25, -0.2) is 0 Å². The zero-order valence-electron chi connectivity index (χ0n) is 11.9. The van der Waals surface area contributed by atoms with Crippen LogP contribution in [0, 0.1) is 0 Å². The van der Waals surface area contributed by atoms with Gasteiger partial charge in [-0.05, 0) is 40.2 Å². The summed E-state index contributed by atoms with van der Waals surface area (Å²) in [5.41, 5.74) is -0.0846. The summed E-state index contributed by atoms with van der Waals surface area (Å²) in [6.45, 7) is 0. The average molecular weight is 438 g/mol. The maximum atomic E-state index is 12.5. The molecule has 0 unspecified atom stereocenters. The number of benzene rings is 1. The molecule has 6 heteroatoms. The first-order valence-electron chi connectivity index (χ1n) is 6.62. The molecule has 0 saturated carbocycles. The highest BCUT2D eigenvalue weighted by atomic mass is 79.9. The first-order valence-corrected chi connectivity index (χ1v) is 8.20. The molecule has 116 valence electrons. The fraction of sp³-hybridized carbons (Fsp3) is 0.0588. The van der Waals surface area contributed by atoms with Crippen LogP contribution in [0.3, 0.4) is 0 Å². The molecule has 0 atom stereocenters. The van der Waals surface area contributed by atoms with Gasteiger partial charge in [-0.15, -0.1) is 0 Å². The Morgan fingerprint density at radius 3 is 2.52 bits per heavy atom. The lowest BCUT2D eigenvalue weighted by Crippen LogP contribution is -2.06. The van der Waals surface area contributed by atoms with E-state index in [1.807, 2.05) is 6.07 Å². The molecule has 1 aromatic heterocycles.